The SMILES string of the molecule is C#Cc1c(F)ccc2cc(C#N)cc(-c3ncc4c(N(C)C[C@@H]5CCCN5)nc(N5CC6CCC(C5)N6C)nc4c3F)c12. The number of nitriles is 1. The van der Waals surface area contributed by atoms with Gasteiger partial charge in [0, 0.05) is 62.0 Å². The fourth-order valence-corrected chi connectivity index (χ4v) is 7.09. The number of fused-ring (bicyclic) bond motifs is 4. The molecule has 4 aromatic rings. The van der Waals surface area contributed by atoms with E-state index in [1.165, 1.54) is 12.1 Å². The van der Waals surface area contributed by atoms with Crippen molar-refractivity contribution in [3.05, 3.63) is 53.2 Å². The van der Waals surface area contributed by atoms with E-state index in [0.717, 1.165) is 45.3 Å². The molecule has 2 unspecified atom stereocenters. The van der Waals surface area contributed by atoms with Crippen LogP contribution in [0.4, 0.5) is 20.5 Å². The number of benzene rings is 2. The molecular weight excluding hydrogens is 546 g/mol. The maximum absolute atomic E-state index is 16.8. The fraction of sp³-hybridized carbons (Fsp3) is 0.394. The molecule has 2 aromatic carbocycles. The summed E-state index contributed by atoms with van der Waals surface area (Å²) in [5, 5.41) is 14.6. The predicted molar refractivity (Wildman–Crippen MR) is 164 cm³/mol. The van der Waals surface area contributed by atoms with Crippen LogP contribution in [0.2, 0.25) is 0 Å². The van der Waals surface area contributed by atoms with E-state index in [2.05, 4.69) is 44.0 Å². The second kappa shape index (κ2) is 10.7. The normalized spacial score (nSPS) is 21.8. The maximum atomic E-state index is 16.8. The Morgan fingerprint density at radius 1 is 1.14 bits per heavy atom. The molecule has 10 heteroatoms. The van der Waals surface area contributed by atoms with E-state index in [1.807, 2.05) is 7.05 Å². The summed E-state index contributed by atoms with van der Waals surface area (Å²) in [6.07, 6.45) is 11.7. The largest absolute Gasteiger partial charge is 0.357 e. The summed E-state index contributed by atoms with van der Waals surface area (Å²) in [5.74, 6) is 2.26. The zero-order chi connectivity index (χ0) is 29.8. The highest BCUT2D eigenvalue weighted by Crippen LogP contribution is 2.38. The fourth-order valence-electron chi connectivity index (χ4n) is 7.09. The second-order valence-electron chi connectivity index (χ2n) is 12.0. The van der Waals surface area contributed by atoms with Crippen molar-refractivity contribution >= 4 is 33.4 Å². The minimum atomic E-state index is -0.657. The zero-order valence-corrected chi connectivity index (χ0v) is 24.2. The van der Waals surface area contributed by atoms with Crippen molar-refractivity contribution in [2.45, 2.75) is 43.8 Å². The lowest BCUT2D eigenvalue weighted by Crippen LogP contribution is -2.52. The summed E-state index contributed by atoms with van der Waals surface area (Å²) in [5.41, 5.74) is 0.643. The van der Waals surface area contributed by atoms with Gasteiger partial charge < -0.3 is 15.1 Å². The van der Waals surface area contributed by atoms with Crippen LogP contribution in [0, 0.1) is 35.3 Å². The number of rotatable bonds is 5. The molecule has 0 aliphatic carbocycles. The van der Waals surface area contributed by atoms with Gasteiger partial charge in [-0.25, -0.2) is 13.8 Å². The van der Waals surface area contributed by atoms with Gasteiger partial charge in [0.25, 0.3) is 0 Å². The first-order chi connectivity index (χ1) is 20.9. The van der Waals surface area contributed by atoms with Crippen LogP contribution in [0.3, 0.4) is 0 Å². The Labute approximate surface area is 249 Å². The third kappa shape index (κ3) is 4.62. The number of anilines is 2. The lowest BCUT2D eigenvalue weighted by Gasteiger charge is -2.39. The van der Waals surface area contributed by atoms with Crippen LogP contribution in [0.1, 0.15) is 36.8 Å². The summed E-state index contributed by atoms with van der Waals surface area (Å²) in [4.78, 5) is 21.0. The number of terminal acetylenes is 1. The average molecular weight is 579 g/mol. The lowest BCUT2D eigenvalue weighted by molar-refractivity contribution is 0.211. The highest BCUT2D eigenvalue weighted by Gasteiger charge is 2.39. The number of hydrogen-bond donors (Lipinski definition) is 1. The predicted octanol–water partition coefficient (Wildman–Crippen LogP) is 4.45. The number of likely N-dealkylation sites (N-methyl/N-ethyl adjacent to an activating group) is 2. The standard InChI is InChI=1S/C33H32F2N8/c1-4-24-27(34)10-7-20-12-19(14-36)13-25(28(20)24)30-29(35)31-26(15-38-30)32(41(2)16-21-6-5-11-37-21)40-33(39-31)43-17-22-8-9-23(18-43)42(22)3/h1,7,10,12-13,15,21-23,37H,5-6,8-9,11,16-18H2,2-3H3/t21-,22?,23?/m0/s1. The number of nitrogens with one attached hydrogen (secondary N) is 1. The van der Waals surface area contributed by atoms with E-state index in [9.17, 15) is 9.65 Å². The smallest absolute Gasteiger partial charge is 0.228 e. The van der Waals surface area contributed by atoms with Crippen LogP contribution < -0.4 is 15.1 Å². The number of piperazine rings is 1. The van der Waals surface area contributed by atoms with Crippen molar-refractivity contribution < 1.29 is 8.78 Å². The van der Waals surface area contributed by atoms with E-state index >= 15 is 4.39 Å². The molecule has 0 spiro atoms. The molecule has 8 nitrogen and oxygen atoms in total. The maximum Gasteiger partial charge on any atom is 0.228 e. The number of pyridine rings is 1. The topological polar surface area (TPSA) is 84.2 Å². The van der Waals surface area contributed by atoms with Crippen LogP contribution in [0.5, 0.6) is 0 Å². The van der Waals surface area contributed by atoms with Crippen molar-refractivity contribution in [2.75, 3.05) is 50.1 Å². The van der Waals surface area contributed by atoms with E-state index < -0.39 is 11.6 Å². The Morgan fingerprint density at radius 3 is 2.63 bits per heavy atom. The monoisotopic (exact) mass is 578 g/mol. The molecule has 3 atom stereocenters. The molecule has 3 aliphatic heterocycles. The molecule has 7 rings (SSSR count). The van der Waals surface area contributed by atoms with Crippen molar-refractivity contribution in [3.63, 3.8) is 0 Å². The van der Waals surface area contributed by atoms with Crippen LogP contribution in [0.15, 0.2) is 30.5 Å². The van der Waals surface area contributed by atoms with E-state index in [1.54, 1.807) is 18.3 Å². The van der Waals surface area contributed by atoms with Crippen molar-refractivity contribution in [1.29, 1.82) is 5.26 Å². The molecule has 3 saturated heterocycles. The van der Waals surface area contributed by atoms with Crippen molar-refractivity contribution in [3.8, 4) is 29.7 Å². The van der Waals surface area contributed by atoms with Crippen LogP contribution in [-0.4, -0.2) is 78.3 Å². The summed E-state index contributed by atoms with van der Waals surface area (Å²) in [6.45, 7) is 3.23. The Bertz CT molecular complexity index is 1820. The Balaban J connectivity index is 1.43. The van der Waals surface area contributed by atoms with Gasteiger partial charge in [-0.05, 0) is 62.9 Å². The lowest BCUT2D eigenvalue weighted by atomic mass is 9.94. The Kier molecular flexibility index (Phi) is 6.84. The molecule has 2 bridgehead atoms. The molecule has 2 aromatic heterocycles. The molecule has 1 N–H and O–H groups in total. The van der Waals surface area contributed by atoms with Gasteiger partial charge in [0.05, 0.1) is 22.6 Å². The third-order valence-corrected chi connectivity index (χ3v) is 9.40. The first-order valence-electron chi connectivity index (χ1n) is 14.8. The van der Waals surface area contributed by atoms with Crippen LogP contribution in [0.25, 0.3) is 32.9 Å². The molecule has 218 valence electrons. The number of hydrogen-bond acceptors (Lipinski definition) is 8. The Hall–Kier alpha value is -4.38. The summed E-state index contributed by atoms with van der Waals surface area (Å²) in [7, 11) is 4.14. The highest BCUT2D eigenvalue weighted by molar-refractivity contribution is 6.03. The molecule has 5 heterocycles. The molecule has 0 radical (unpaired) electrons. The molecule has 0 saturated carbocycles. The first-order valence-corrected chi connectivity index (χ1v) is 14.8. The minimum Gasteiger partial charge on any atom is -0.357 e. The molecule has 3 aliphatic rings. The Morgan fingerprint density at radius 2 is 1.93 bits per heavy atom. The number of aromatic nitrogens is 3. The minimum absolute atomic E-state index is 0.000869. The van der Waals surface area contributed by atoms with Gasteiger partial charge >= 0.3 is 0 Å². The first kappa shape index (κ1) is 27.5. The van der Waals surface area contributed by atoms with E-state index in [0.29, 0.717) is 58.2 Å². The number of nitrogens with zero attached hydrogens (tertiary/aromatic N) is 7. The zero-order valence-electron chi connectivity index (χ0n) is 24.2. The van der Waals surface area contributed by atoms with Gasteiger partial charge in [0.1, 0.15) is 22.8 Å². The van der Waals surface area contributed by atoms with Crippen molar-refractivity contribution in [1.82, 2.24) is 25.2 Å². The van der Waals surface area contributed by atoms with E-state index in [-0.39, 0.29) is 22.3 Å². The van der Waals surface area contributed by atoms with Gasteiger partial charge in [-0.3, -0.25) is 9.88 Å². The molecule has 3 fully saturated rings. The van der Waals surface area contributed by atoms with Crippen LogP contribution >= 0.6 is 0 Å². The molecular formula is C33H32F2N8. The van der Waals surface area contributed by atoms with Gasteiger partial charge in [-0.1, -0.05) is 12.0 Å². The highest BCUT2D eigenvalue weighted by atomic mass is 19.1. The van der Waals surface area contributed by atoms with Gasteiger partial charge in [0.15, 0.2) is 5.82 Å². The van der Waals surface area contributed by atoms with Gasteiger partial charge in [-0.2, -0.15) is 10.2 Å². The van der Waals surface area contributed by atoms with Gasteiger partial charge in [0.2, 0.25) is 5.95 Å². The van der Waals surface area contributed by atoms with Crippen molar-refractivity contribution in [2.24, 2.45) is 0 Å². The summed E-state index contributed by atoms with van der Waals surface area (Å²) < 4.78 is 31.7. The molecule has 43 heavy (non-hydrogen) atoms. The molecule has 0 amide bonds. The second-order valence-corrected chi connectivity index (χ2v) is 12.0. The quantitative estimate of drug-likeness (QED) is 0.348. The summed E-state index contributed by atoms with van der Waals surface area (Å²) in [6, 6.07) is 9.16. The number of halogens is 2. The van der Waals surface area contributed by atoms with E-state index in [4.69, 9.17) is 16.4 Å². The third-order valence-electron chi connectivity index (χ3n) is 9.40. The summed E-state index contributed by atoms with van der Waals surface area (Å²) >= 11 is 0. The van der Waals surface area contributed by atoms with Gasteiger partial charge in [-0.15, -0.1) is 6.42 Å². The average Bonchev–Trinajstić information content (AvgIpc) is 3.58. The van der Waals surface area contributed by atoms with Crippen LogP contribution in [-0.2, 0) is 0 Å².